The Hall–Kier alpha value is -3.60. The molecule has 1 aromatic heterocycles. The van der Waals surface area contributed by atoms with Gasteiger partial charge in [-0.2, -0.15) is 0 Å². The molecule has 5 nitrogen and oxygen atoms in total. The normalized spacial score (nSPS) is 10.9. The molecule has 1 N–H and O–H groups in total. The summed E-state index contributed by atoms with van der Waals surface area (Å²) >= 11 is 0. The van der Waals surface area contributed by atoms with Gasteiger partial charge >= 0.3 is 0 Å². The van der Waals surface area contributed by atoms with Crippen LogP contribution in [0.3, 0.4) is 0 Å². The smallest absolute Gasteiger partial charge is 0.251 e. The average Bonchev–Trinajstić information content (AvgIpc) is 3.20. The largest absolute Gasteiger partial charge is 0.494 e. The minimum Gasteiger partial charge on any atom is -0.494 e. The van der Waals surface area contributed by atoms with Crippen molar-refractivity contribution in [1.29, 1.82) is 0 Å². The first kappa shape index (κ1) is 22.6. The van der Waals surface area contributed by atoms with Crippen LogP contribution in [-0.2, 0) is 13.0 Å². The molecular weight excluding hydrogens is 410 g/mol. The number of hydrogen-bond acceptors (Lipinski definition) is 3. The van der Waals surface area contributed by atoms with Crippen molar-refractivity contribution in [2.24, 2.45) is 0 Å². The lowest BCUT2D eigenvalue weighted by molar-refractivity contribution is 0.0953. The molecule has 4 aromatic rings. The fraction of sp³-hybridized carbons (Fsp3) is 0.286. The number of ether oxygens (including phenoxy) is 1. The van der Waals surface area contributed by atoms with E-state index in [-0.39, 0.29) is 5.91 Å². The number of carbonyl (C=O) groups excluding carboxylic acids is 1. The molecule has 1 amide bonds. The molecule has 0 aliphatic carbocycles. The van der Waals surface area contributed by atoms with E-state index in [1.807, 2.05) is 67.6 Å². The van der Waals surface area contributed by atoms with Gasteiger partial charge in [0.15, 0.2) is 0 Å². The molecule has 0 aliphatic heterocycles. The predicted molar refractivity (Wildman–Crippen MR) is 133 cm³/mol. The van der Waals surface area contributed by atoms with Crippen LogP contribution >= 0.6 is 0 Å². The Morgan fingerprint density at radius 2 is 1.67 bits per heavy atom. The lowest BCUT2D eigenvalue weighted by Gasteiger charge is -2.11. The number of fused-ring (bicyclic) bond motifs is 1. The van der Waals surface area contributed by atoms with Crippen molar-refractivity contribution in [3.05, 3.63) is 95.8 Å². The summed E-state index contributed by atoms with van der Waals surface area (Å²) in [5, 5.41) is 3.02. The number of nitrogens with one attached hydrogen (secondary N) is 1. The van der Waals surface area contributed by atoms with Crippen LogP contribution in [0.5, 0.6) is 5.75 Å². The van der Waals surface area contributed by atoms with Crippen LogP contribution in [0.2, 0.25) is 0 Å². The van der Waals surface area contributed by atoms with Crippen LogP contribution in [0.4, 0.5) is 0 Å². The molecule has 0 aliphatic rings. The Bertz CT molecular complexity index is 1170. The zero-order valence-electron chi connectivity index (χ0n) is 19.2. The van der Waals surface area contributed by atoms with E-state index in [0.717, 1.165) is 54.9 Å². The van der Waals surface area contributed by atoms with Crippen molar-refractivity contribution >= 4 is 16.9 Å². The molecule has 33 heavy (non-hydrogen) atoms. The molecule has 0 saturated heterocycles. The number of rotatable bonds is 11. The number of amides is 1. The Kier molecular flexibility index (Phi) is 7.75. The van der Waals surface area contributed by atoms with Gasteiger partial charge in [-0.1, -0.05) is 48.0 Å². The van der Waals surface area contributed by atoms with Gasteiger partial charge < -0.3 is 14.6 Å². The summed E-state index contributed by atoms with van der Waals surface area (Å²) < 4.78 is 8.14. The van der Waals surface area contributed by atoms with Gasteiger partial charge in [-0.25, -0.2) is 4.98 Å². The summed E-state index contributed by atoms with van der Waals surface area (Å²) in [6, 6.07) is 25.9. The van der Waals surface area contributed by atoms with Crippen LogP contribution in [0, 0.1) is 6.92 Å². The summed E-state index contributed by atoms with van der Waals surface area (Å²) in [7, 11) is 0. The Morgan fingerprint density at radius 1 is 0.909 bits per heavy atom. The first-order chi connectivity index (χ1) is 16.2. The second-order valence-electron chi connectivity index (χ2n) is 8.26. The Labute approximate surface area is 195 Å². The standard InChI is InChI=1S/C28H31N3O2/c1-22-15-17-23(18-16-22)28(32)29-19-9-14-27-30-25-12-5-6-13-26(25)31(27)20-7-8-21-33-24-10-3-2-4-11-24/h2-6,10-13,15-18H,7-9,14,19-21H2,1H3,(H,29,32). The quantitative estimate of drug-likeness (QED) is 0.310. The van der Waals surface area contributed by atoms with Crippen molar-refractivity contribution in [3.8, 4) is 5.75 Å². The molecule has 0 spiro atoms. The molecule has 5 heteroatoms. The second kappa shape index (κ2) is 11.3. The van der Waals surface area contributed by atoms with Crippen LogP contribution in [-0.4, -0.2) is 28.6 Å². The van der Waals surface area contributed by atoms with Crippen LogP contribution in [0.25, 0.3) is 11.0 Å². The first-order valence-electron chi connectivity index (χ1n) is 11.7. The van der Waals surface area contributed by atoms with Crippen LogP contribution in [0.15, 0.2) is 78.9 Å². The molecular formula is C28H31N3O2. The van der Waals surface area contributed by atoms with Crippen LogP contribution < -0.4 is 10.1 Å². The zero-order chi connectivity index (χ0) is 22.9. The van der Waals surface area contributed by atoms with E-state index in [2.05, 4.69) is 28.1 Å². The minimum absolute atomic E-state index is 0.0260. The topological polar surface area (TPSA) is 56.2 Å². The van der Waals surface area contributed by atoms with Gasteiger partial charge in [-0.3, -0.25) is 4.79 Å². The third-order valence-electron chi connectivity index (χ3n) is 5.70. The summed E-state index contributed by atoms with van der Waals surface area (Å²) in [5.74, 6) is 1.96. The van der Waals surface area contributed by atoms with E-state index in [1.54, 1.807) is 0 Å². The van der Waals surface area contributed by atoms with Gasteiger partial charge in [0.05, 0.1) is 17.6 Å². The van der Waals surface area contributed by atoms with E-state index in [1.165, 1.54) is 5.52 Å². The van der Waals surface area contributed by atoms with Gasteiger partial charge in [-0.05, 0) is 62.6 Å². The van der Waals surface area contributed by atoms with E-state index in [4.69, 9.17) is 9.72 Å². The van der Waals surface area contributed by atoms with Crippen molar-refractivity contribution in [1.82, 2.24) is 14.9 Å². The van der Waals surface area contributed by atoms with Gasteiger partial charge in [0.2, 0.25) is 0 Å². The predicted octanol–water partition coefficient (Wildman–Crippen LogP) is 5.57. The highest BCUT2D eigenvalue weighted by atomic mass is 16.5. The van der Waals surface area contributed by atoms with Gasteiger partial charge in [0.25, 0.3) is 5.91 Å². The fourth-order valence-corrected chi connectivity index (χ4v) is 3.90. The average molecular weight is 442 g/mol. The molecule has 1 heterocycles. The van der Waals surface area contributed by atoms with Gasteiger partial charge in [0.1, 0.15) is 11.6 Å². The maximum absolute atomic E-state index is 12.3. The Balaban J connectivity index is 1.29. The number of benzene rings is 3. The highest BCUT2D eigenvalue weighted by Gasteiger charge is 2.11. The van der Waals surface area contributed by atoms with E-state index in [9.17, 15) is 4.79 Å². The maximum Gasteiger partial charge on any atom is 0.251 e. The van der Waals surface area contributed by atoms with Crippen molar-refractivity contribution in [3.63, 3.8) is 0 Å². The lowest BCUT2D eigenvalue weighted by atomic mass is 10.1. The number of para-hydroxylation sites is 3. The molecule has 170 valence electrons. The zero-order valence-corrected chi connectivity index (χ0v) is 19.2. The highest BCUT2D eigenvalue weighted by Crippen LogP contribution is 2.18. The SMILES string of the molecule is Cc1ccc(C(=O)NCCCc2nc3ccccc3n2CCCCOc2ccccc2)cc1. The first-order valence-corrected chi connectivity index (χ1v) is 11.7. The van der Waals surface area contributed by atoms with Gasteiger partial charge in [0, 0.05) is 25.1 Å². The van der Waals surface area contributed by atoms with Crippen LogP contribution in [0.1, 0.15) is 41.0 Å². The van der Waals surface area contributed by atoms with E-state index < -0.39 is 0 Å². The summed E-state index contributed by atoms with van der Waals surface area (Å²) in [5.41, 5.74) is 4.04. The molecule has 0 radical (unpaired) electrons. The van der Waals surface area contributed by atoms with Gasteiger partial charge in [-0.15, -0.1) is 0 Å². The van der Waals surface area contributed by atoms with Crippen molar-refractivity contribution in [2.45, 2.75) is 39.2 Å². The number of carbonyl (C=O) groups is 1. The summed E-state index contributed by atoms with van der Waals surface area (Å²) in [6.07, 6.45) is 3.67. The summed E-state index contributed by atoms with van der Waals surface area (Å²) in [4.78, 5) is 17.2. The van der Waals surface area contributed by atoms with Crippen molar-refractivity contribution in [2.75, 3.05) is 13.2 Å². The number of unbranched alkanes of at least 4 members (excludes halogenated alkanes) is 1. The molecule has 0 atom stereocenters. The lowest BCUT2D eigenvalue weighted by Crippen LogP contribution is -2.25. The number of hydrogen-bond donors (Lipinski definition) is 1. The van der Waals surface area contributed by atoms with Crippen molar-refractivity contribution < 1.29 is 9.53 Å². The Morgan fingerprint density at radius 3 is 2.48 bits per heavy atom. The third kappa shape index (κ3) is 6.22. The number of aromatic nitrogens is 2. The highest BCUT2D eigenvalue weighted by molar-refractivity contribution is 5.94. The molecule has 0 fully saturated rings. The summed E-state index contributed by atoms with van der Waals surface area (Å²) in [6.45, 7) is 4.26. The van der Waals surface area contributed by atoms with E-state index >= 15 is 0 Å². The fourth-order valence-electron chi connectivity index (χ4n) is 3.90. The monoisotopic (exact) mass is 441 g/mol. The molecule has 0 bridgehead atoms. The minimum atomic E-state index is -0.0260. The van der Waals surface area contributed by atoms with E-state index in [0.29, 0.717) is 18.7 Å². The number of imidazole rings is 1. The molecule has 0 saturated carbocycles. The third-order valence-corrected chi connectivity index (χ3v) is 5.70. The molecule has 0 unspecified atom stereocenters. The number of nitrogens with zero attached hydrogens (tertiary/aromatic N) is 2. The maximum atomic E-state index is 12.3. The second-order valence-corrected chi connectivity index (χ2v) is 8.26. The molecule has 4 rings (SSSR count). The number of aryl methyl sites for hydroxylation is 3. The molecule has 3 aromatic carbocycles.